The first kappa shape index (κ1) is 16.5. The Bertz CT molecular complexity index is 490. The Morgan fingerprint density at radius 1 is 1.45 bits per heavy atom. The molecule has 1 fully saturated rings. The Labute approximate surface area is 123 Å². The van der Waals surface area contributed by atoms with Crippen LogP contribution in [0.2, 0.25) is 0 Å². The number of methoxy groups -OCH3 is 1. The molecule has 0 unspecified atom stereocenters. The predicted molar refractivity (Wildman–Crippen MR) is 77.4 cm³/mol. The van der Waals surface area contributed by atoms with Gasteiger partial charge >= 0.3 is 0 Å². The number of benzene rings is 1. The largest absolute Gasteiger partial charge is 0.504 e. The minimum atomic E-state index is -0.507. The van der Waals surface area contributed by atoms with Crippen LogP contribution in [0.3, 0.4) is 0 Å². The number of phenols is 1. The number of nitrogens with two attached hydrogens (primary N) is 1. The number of nitro benzene ring substituents is 1. The Balaban J connectivity index is 0.00000200. The first-order valence-electron chi connectivity index (χ1n) is 6.35. The van der Waals surface area contributed by atoms with Gasteiger partial charge in [-0.3, -0.25) is 10.1 Å². The van der Waals surface area contributed by atoms with Crippen molar-refractivity contribution in [3.8, 4) is 11.5 Å². The fraction of sp³-hybridized carbons (Fsp3) is 0.538. The van der Waals surface area contributed by atoms with E-state index in [9.17, 15) is 15.2 Å². The predicted octanol–water partition coefficient (Wildman–Crippen LogP) is 2.92. The fourth-order valence-electron chi connectivity index (χ4n) is 2.70. The van der Waals surface area contributed by atoms with Crippen molar-refractivity contribution in [1.82, 2.24) is 0 Å². The number of hydrogen-bond donors (Lipinski definition) is 2. The molecule has 1 saturated carbocycles. The number of non-ortho nitro benzene ring substituents is 1. The van der Waals surface area contributed by atoms with Crippen molar-refractivity contribution in [1.29, 1.82) is 0 Å². The maximum Gasteiger partial charge on any atom is 0.273 e. The van der Waals surface area contributed by atoms with Crippen LogP contribution in [0.5, 0.6) is 11.5 Å². The van der Waals surface area contributed by atoms with Crippen LogP contribution in [0.15, 0.2) is 12.1 Å². The van der Waals surface area contributed by atoms with E-state index in [1.54, 1.807) is 0 Å². The lowest BCUT2D eigenvalue weighted by Crippen LogP contribution is -2.19. The van der Waals surface area contributed by atoms with Crippen LogP contribution in [0.4, 0.5) is 5.69 Å². The lowest BCUT2D eigenvalue weighted by molar-refractivity contribution is -0.385. The summed E-state index contributed by atoms with van der Waals surface area (Å²) < 4.78 is 4.98. The number of rotatable bonds is 4. The average Bonchev–Trinajstić information content (AvgIpc) is 2.91. The van der Waals surface area contributed by atoms with Crippen LogP contribution in [0, 0.1) is 16.0 Å². The Hall–Kier alpha value is -1.53. The van der Waals surface area contributed by atoms with Crippen LogP contribution in [-0.2, 0) is 0 Å². The molecule has 0 heterocycles. The molecule has 0 amide bonds. The van der Waals surface area contributed by atoms with Crippen molar-refractivity contribution >= 4 is 18.1 Å². The summed E-state index contributed by atoms with van der Waals surface area (Å²) in [5, 5.41) is 21.0. The zero-order chi connectivity index (χ0) is 14.0. The summed E-state index contributed by atoms with van der Waals surface area (Å²) >= 11 is 0. The third-order valence-corrected chi connectivity index (χ3v) is 3.79. The highest BCUT2D eigenvalue weighted by molar-refractivity contribution is 5.85. The van der Waals surface area contributed by atoms with Crippen LogP contribution >= 0.6 is 12.4 Å². The second-order valence-corrected chi connectivity index (χ2v) is 4.91. The molecular formula is C13H19ClN2O4. The average molecular weight is 303 g/mol. The highest BCUT2D eigenvalue weighted by Gasteiger charge is 2.28. The smallest absolute Gasteiger partial charge is 0.273 e. The fourth-order valence-corrected chi connectivity index (χ4v) is 2.70. The number of phenolic OH excluding ortho intramolecular Hbond substituents is 1. The van der Waals surface area contributed by atoms with Gasteiger partial charge in [0, 0.05) is 17.7 Å². The van der Waals surface area contributed by atoms with Gasteiger partial charge in [0.2, 0.25) is 0 Å². The molecule has 6 nitrogen and oxygen atoms in total. The van der Waals surface area contributed by atoms with Gasteiger partial charge in [-0.2, -0.15) is 0 Å². The highest BCUT2D eigenvalue weighted by atomic mass is 35.5. The molecule has 7 heteroatoms. The Morgan fingerprint density at radius 3 is 2.55 bits per heavy atom. The third kappa shape index (κ3) is 3.13. The SMILES string of the molecule is COc1cc([N+](=O)[O-])cc([C@H](N)C2CCCC2)c1O.Cl. The summed E-state index contributed by atoms with van der Waals surface area (Å²) in [6, 6.07) is 2.16. The van der Waals surface area contributed by atoms with Crippen molar-refractivity contribution in [3.63, 3.8) is 0 Å². The molecule has 112 valence electrons. The van der Waals surface area contributed by atoms with Gasteiger partial charge in [-0.15, -0.1) is 12.4 Å². The van der Waals surface area contributed by atoms with Crippen LogP contribution in [0.25, 0.3) is 0 Å². The van der Waals surface area contributed by atoms with Crippen LogP contribution in [0.1, 0.15) is 37.3 Å². The zero-order valence-corrected chi connectivity index (χ0v) is 12.1. The number of aromatic hydroxyl groups is 1. The number of nitro groups is 1. The van der Waals surface area contributed by atoms with Gasteiger partial charge in [-0.1, -0.05) is 12.8 Å². The minimum absolute atomic E-state index is 0. The van der Waals surface area contributed by atoms with E-state index in [-0.39, 0.29) is 35.5 Å². The minimum Gasteiger partial charge on any atom is -0.504 e. The molecule has 1 atom stereocenters. The second kappa shape index (κ2) is 6.76. The quantitative estimate of drug-likeness (QED) is 0.658. The maximum atomic E-state index is 10.9. The van der Waals surface area contributed by atoms with E-state index < -0.39 is 11.0 Å². The van der Waals surface area contributed by atoms with Gasteiger partial charge in [0.1, 0.15) is 0 Å². The van der Waals surface area contributed by atoms with Crippen molar-refractivity contribution in [2.45, 2.75) is 31.7 Å². The summed E-state index contributed by atoms with van der Waals surface area (Å²) in [7, 11) is 1.36. The number of hydrogen-bond acceptors (Lipinski definition) is 5. The zero-order valence-electron chi connectivity index (χ0n) is 11.2. The van der Waals surface area contributed by atoms with Gasteiger partial charge < -0.3 is 15.6 Å². The summed E-state index contributed by atoms with van der Waals surface area (Å²) in [6.07, 6.45) is 4.22. The summed E-state index contributed by atoms with van der Waals surface area (Å²) in [4.78, 5) is 10.4. The lowest BCUT2D eigenvalue weighted by atomic mass is 9.91. The molecule has 0 saturated heterocycles. The molecule has 0 bridgehead atoms. The van der Waals surface area contributed by atoms with E-state index in [4.69, 9.17) is 10.5 Å². The molecule has 2 rings (SSSR count). The van der Waals surface area contributed by atoms with E-state index in [1.807, 2.05) is 0 Å². The van der Waals surface area contributed by atoms with Crippen LogP contribution in [-0.4, -0.2) is 17.1 Å². The molecule has 1 aromatic rings. The monoisotopic (exact) mass is 302 g/mol. The lowest BCUT2D eigenvalue weighted by Gasteiger charge is -2.21. The second-order valence-electron chi connectivity index (χ2n) is 4.91. The normalized spacial score (nSPS) is 16.5. The number of nitrogens with zero attached hydrogens (tertiary/aromatic N) is 1. The summed E-state index contributed by atoms with van der Waals surface area (Å²) in [6.45, 7) is 0. The third-order valence-electron chi connectivity index (χ3n) is 3.79. The molecule has 1 aliphatic carbocycles. The van der Waals surface area contributed by atoms with E-state index in [1.165, 1.54) is 19.2 Å². The molecule has 0 spiro atoms. The number of halogens is 1. The van der Waals surface area contributed by atoms with Crippen molar-refractivity contribution < 1.29 is 14.8 Å². The van der Waals surface area contributed by atoms with E-state index in [2.05, 4.69) is 0 Å². The van der Waals surface area contributed by atoms with E-state index in [0.29, 0.717) is 5.56 Å². The molecule has 3 N–H and O–H groups in total. The van der Waals surface area contributed by atoms with Gasteiger partial charge in [0.15, 0.2) is 11.5 Å². The standard InChI is InChI=1S/C13H18N2O4.ClH/c1-19-11-7-9(15(17)18)6-10(13(11)16)12(14)8-4-2-3-5-8;/h6-8,12,16H,2-5,14H2,1H3;1H/t12-;/m1./s1. The first-order valence-corrected chi connectivity index (χ1v) is 6.35. The maximum absolute atomic E-state index is 10.9. The molecular weight excluding hydrogens is 284 g/mol. The highest BCUT2D eigenvalue weighted by Crippen LogP contribution is 2.42. The Morgan fingerprint density at radius 2 is 2.05 bits per heavy atom. The van der Waals surface area contributed by atoms with Crippen molar-refractivity contribution in [2.24, 2.45) is 11.7 Å². The molecule has 0 radical (unpaired) electrons. The molecule has 0 aromatic heterocycles. The molecule has 20 heavy (non-hydrogen) atoms. The van der Waals surface area contributed by atoms with E-state index >= 15 is 0 Å². The first-order chi connectivity index (χ1) is 9.04. The molecule has 1 aromatic carbocycles. The van der Waals surface area contributed by atoms with Crippen molar-refractivity contribution in [2.75, 3.05) is 7.11 Å². The van der Waals surface area contributed by atoms with Crippen LogP contribution < -0.4 is 10.5 Å². The van der Waals surface area contributed by atoms with Gasteiger partial charge in [0.05, 0.1) is 18.1 Å². The van der Waals surface area contributed by atoms with Gasteiger partial charge in [0.25, 0.3) is 5.69 Å². The summed E-state index contributed by atoms with van der Waals surface area (Å²) in [5.41, 5.74) is 6.44. The van der Waals surface area contributed by atoms with Crippen molar-refractivity contribution in [3.05, 3.63) is 27.8 Å². The van der Waals surface area contributed by atoms with Gasteiger partial charge in [-0.05, 0) is 18.8 Å². The molecule has 0 aliphatic heterocycles. The van der Waals surface area contributed by atoms with Gasteiger partial charge in [-0.25, -0.2) is 0 Å². The Kier molecular flexibility index (Phi) is 5.59. The number of ether oxygens (including phenoxy) is 1. The van der Waals surface area contributed by atoms with E-state index in [0.717, 1.165) is 25.7 Å². The topological polar surface area (TPSA) is 98.6 Å². The summed E-state index contributed by atoms with van der Waals surface area (Å²) in [5.74, 6) is 0.266. The molecule has 1 aliphatic rings.